The molecule has 0 bridgehead atoms. The average Bonchev–Trinajstić information content (AvgIpc) is 3.10. The van der Waals surface area contributed by atoms with Gasteiger partial charge in [0, 0.05) is 36.3 Å². The minimum atomic E-state index is -10.7. The summed E-state index contributed by atoms with van der Waals surface area (Å²) in [6.45, 7) is 8.08. The Balaban J connectivity index is 0.00000114. The van der Waals surface area contributed by atoms with Gasteiger partial charge >= 0.3 is 66.0 Å². The summed E-state index contributed by atoms with van der Waals surface area (Å²) in [4.78, 5) is 51.3. The van der Waals surface area contributed by atoms with Crippen molar-refractivity contribution in [3.05, 3.63) is 78.4 Å². The number of unbranched alkanes of at least 4 members (excludes halogenated alkanes) is 5. The molecule has 0 saturated heterocycles. The molecule has 4 N–H and O–H groups in total. The SMILES string of the molecule is CCCCCCCCOc1cc(C(=O)Nc2ccc[n+](CC(=O)NCCC)c2)cc(C(=O)Nc2ccc[n+](CC(=O)NCCC)c2)c1.F[P-](F)(F)(F)(F)F.F[P-](F)(F)(F)(F)F. The van der Waals surface area contributed by atoms with Crippen molar-refractivity contribution in [1.29, 1.82) is 0 Å². The van der Waals surface area contributed by atoms with E-state index in [0.717, 1.165) is 32.1 Å². The summed E-state index contributed by atoms with van der Waals surface area (Å²) in [7, 11) is -21.3. The van der Waals surface area contributed by atoms with Gasteiger partial charge in [-0.15, -0.1) is 0 Å². The van der Waals surface area contributed by atoms with E-state index in [1.54, 1.807) is 70.3 Å². The van der Waals surface area contributed by atoms with E-state index in [0.29, 0.717) is 36.8 Å². The van der Waals surface area contributed by atoms with Crippen LogP contribution in [-0.2, 0) is 22.7 Å². The molecule has 11 nitrogen and oxygen atoms in total. The van der Waals surface area contributed by atoms with Crippen molar-refractivity contribution in [2.24, 2.45) is 0 Å². The minimum absolute atomic E-state index is 0.116. The van der Waals surface area contributed by atoms with Gasteiger partial charge in [0.15, 0.2) is 24.8 Å². The number of amides is 4. The molecule has 0 unspecified atom stereocenters. The second kappa shape index (κ2) is 21.3. The quantitative estimate of drug-likeness (QED) is 0.0388. The van der Waals surface area contributed by atoms with E-state index < -0.39 is 27.4 Å². The van der Waals surface area contributed by atoms with Crippen LogP contribution in [-0.4, -0.2) is 43.3 Å². The van der Waals surface area contributed by atoms with Crippen molar-refractivity contribution in [2.45, 2.75) is 85.2 Å². The zero-order valence-corrected chi connectivity index (χ0v) is 35.2. The average molecular weight is 937 g/mol. The van der Waals surface area contributed by atoms with Gasteiger partial charge in [-0.25, -0.2) is 0 Å². The van der Waals surface area contributed by atoms with E-state index in [4.69, 9.17) is 4.74 Å². The first-order valence-corrected chi connectivity index (χ1v) is 22.8. The van der Waals surface area contributed by atoms with Crippen LogP contribution < -0.4 is 35.1 Å². The molecule has 0 aliphatic rings. The molecule has 0 saturated carbocycles. The molecular weight excluding hydrogens is 886 g/mol. The summed E-state index contributed by atoms with van der Waals surface area (Å²) in [5.74, 6) is -0.659. The van der Waals surface area contributed by atoms with E-state index in [1.165, 1.54) is 25.3 Å². The normalized spacial score (nSPS) is 13.5. The number of hydrogen-bond donors (Lipinski definition) is 4. The van der Waals surface area contributed by atoms with Gasteiger partial charge in [0.25, 0.3) is 23.6 Å². The van der Waals surface area contributed by atoms with Crippen molar-refractivity contribution in [1.82, 2.24) is 10.6 Å². The first-order valence-electron chi connectivity index (χ1n) is 18.8. The Bertz CT molecular complexity index is 1790. The number of pyridine rings is 2. The standard InChI is InChI=1S/C36H48N6O5.2F6P/c1-4-7-8-9-10-11-20-47-32-22-28(35(45)39-30-14-12-18-41(24-30)26-33(43)37-16-5-2)21-29(23-32)36(46)40-31-15-13-19-42(25-31)27-34(44)38-17-6-3;2*1-7(2,3,4,5)6/h12-15,18-19,21-25H,4-11,16-17,20,26-27H2,1-3H3,(H2-2,37,38,39,40,43,44,45,46);;/q;2*-1/p+2. The predicted octanol–water partition coefficient (Wildman–Crippen LogP) is 11.3. The molecule has 0 fully saturated rings. The van der Waals surface area contributed by atoms with Gasteiger partial charge in [-0.1, -0.05) is 52.9 Å². The summed E-state index contributed by atoms with van der Waals surface area (Å²) < 4.78 is 128. The summed E-state index contributed by atoms with van der Waals surface area (Å²) in [6, 6.07) is 11.7. The number of aromatic nitrogens is 2. The second-order valence-electron chi connectivity index (χ2n) is 13.4. The summed E-state index contributed by atoms with van der Waals surface area (Å²) in [5, 5.41) is 11.4. The van der Waals surface area contributed by atoms with Crippen molar-refractivity contribution in [3.63, 3.8) is 0 Å². The second-order valence-corrected chi connectivity index (χ2v) is 17.3. The Morgan fingerprint density at radius 1 is 0.557 bits per heavy atom. The Kier molecular flexibility index (Phi) is 19.0. The van der Waals surface area contributed by atoms with Crippen LogP contribution in [0.15, 0.2) is 67.3 Å². The first-order chi connectivity index (χ1) is 27.7. The number of nitrogens with one attached hydrogen (secondary N) is 4. The molecule has 0 aliphatic carbocycles. The monoisotopic (exact) mass is 936 g/mol. The fourth-order valence-corrected chi connectivity index (χ4v) is 4.78. The number of nitrogens with zero attached hydrogens (tertiary/aromatic N) is 2. The van der Waals surface area contributed by atoms with Crippen LogP contribution in [0.2, 0.25) is 0 Å². The molecule has 25 heteroatoms. The van der Waals surface area contributed by atoms with Crippen LogP contribution in [0.3, 0.4) is 0 Å². The van der Waals surface area contributed by atoms with Gasteiger partial charge in [0.05, 0.1) is 6.61 Å². The number of rotatable bonds is 20. The van der Waals surface area contributed by atoms with Crippen molar-refractivity contribution in [2.75, 3.05) is 30.3 Å². The number of ether oxygens (including phenoxy) is 1. The van der Waals surface area contributed by atoms with E-state index in [-0.39, 0.29) is 36.0 Å². The van der Waals surface area contributed by atoms with Crippen molar-refractivity contribution in [3.8, 4) is 5.75 Å². The number of halogens is 12. The van der Waals surface area contributed by atoms with Gasteiger partial charge in [0.2, 0.25) is 13.1 Å². The molecule has 3 rings (SSSR count). The molecule has 2 aromatic heterocycles. The zero-order chi connectivity index (χ0) is 46.7. The number of carbonyl (C=O) groups is 4. The fraction of sp³-hybridized carbons (Fsp3) is 0.444. The third-order valence-corrected chi connectivity index (χ3v) is 7.23. The summed E-state index contributed by atoms with van der Waals surface area (Å²) >= 11 is 0. The van der Waals surface area contributed by atoms with Crippen LogP contribution in [0.4, 0.5) is 61.7 Å². The number of carbonyl (C=O) groups excluding carboxylic acids is 4. The van der Waals surface area contributed by atoms with Gasteiger partial charge in [-0.2, -0.15) is 9.13 Å². The van der Waals surface area contributed by atoms with E-state index >= 15 is 0 Å². The topological polar surface area (TPSA) is 133 Å². The van der Waals surface area contributed by atoms with Gasteiger partial charge in [-0.05, 0) is 49.6 Å². The molecule has 0 spiro atoms. The third-order valence-electron chi connectivity index (χ3n) is 7.23. The fourth-order valence-electron chi connectivity index (χ4n) is 4.78. The molecule has 348 valence electrons. The van der Waals surface area contributed by atoms with Crippen LogP contribution in [0.1, 0.15) is 92.9 Å². The van der Waals surface area contributed by atoms with E-state index in [1.807, 2.05) is 13.8 Å². The van der Waals surface area contributed by atoms with Crippen molar-refractivity contribution >= 4 is 50.6 Å². The molecule has 1 aromatic carbocycles. The van der Waals surface area contributed by atoms with E-state index in [2.05, 4.69) is 28.2 Å². The Morgan fingerprint density at radius 2 is 0.934 bits per heavy atom. The Labute approximate surface area is 344 Å². The van der Waals surface area contributed by atoms with Crippen LogP contribution in [0.5, 0.6) is 5.75 Å². The summed E-state index contributed by atoms with van der Waals surface area (Å²) in [5.41, 5.74) is 1.51. The van der Waals surface area contributed by atoms with Crippen LogP contribution in [0, 0.1) is 0 Å². The Morgan fingerprint density at radius 3 is 1.31 bits per heavy atom. The van der Waals surface area contributed by atoms with Crippen LogP contribution in [0.25, 0.3) is 0 Å². The van der Waals surface area contributed by atoms with Gasteiger partial charge in [0.1, 0.15) is 17.1 Å². The number of anilines is 2. The predicted molar refractivity (Wildman–Crippen MR) is 208 cm³/mol. The van der Waals surface area contributed by atoms with Crippen molar-refractivity contribution < 1.29 is 83.4 Å². The maximum atomic E-state index is 13.4. The Hall–Kier alpha value is -4.78. The molecule has 2 heterocycles. The number of benzene rings is 1. The molecule has 3 aromatic rings. The number of hydrogen-bond acceptors (Lipinski definition) is 5. The van der Waals surface area contributed by atoms with Gasteiger partial charge in [-0.3, -0.25) is 19.2 Å². The molecule has 61 heavy (non-hydrogen) atoms. The molecule has 0 atom stereocenters. The molecular formula is C36H50F12N6O5P2. The molecule has 0 radical (unpaired) electrons. The third kappa shape index (κ3) is 33.6. The maximum absolute atomic E-state index is 13.4. The van der Waals surface area contributed by atoms with Crippen LogP contribution >= 0.6 is 15.6 Å². The first kappa shape index (κ1) is 54.2. The van der Waals surface area contributed by atoms with Gasteiger partial charge < -0.3 is 26.0 Å². The summed E-state index contributed by atoms with van der Waals surface area (Å²) in [6.07, 6.45) is 15.2. The molecule has 0 aliphatic heterocycles. The molecule has 4 amide bonds. The zero-order valence-electron chi connectivity index (χ0n) is 33.4. The van der Waals surface area contributed by atoms with E-state index in [9.17, 15) is 69.5 Å².